The van der Waals surface area contributed by atoms with Crippen LogP contribution in [0.25, 0.3) is 11.1 Å². The molecule has 4 heteroatoms. The van der Waals surface area contributed by atoms with Gasteiger partial charge in [0.05, 0.1) is 7.11 Å². The summed E-state index contributed by atoms with van der Waals surface area (Å²) in [6, 6.07) is 15.9. The maximum absolute atomic E-state index is 12.1. The Balaban J connectivity index is 1.70. The van der Waals surface area contributed by atoms with Crippen molar-refractivity contribution in [2.45, 2.75) is 24.9 Å². The minimum Gasteiger partial charge on any atom is -0.497 e. The van der Waals surface area contributed by atoms with Crippen LogP contribution in [0.4, 0.5) is 0 Å². The largest absolute Gasteiger partial charge is 0.497 e. The van der Waals surface area contributed by atoms with Crippen LogP contribution in [-0.4, -0.2) is 25.1 Å². The number of carbonyl (C=O) groups is 1. The summed E-state index contributed by atoms with van der Waals surface area (Å²) in [4.78, 5) is 12.1. The van der Waals surface area contributed by atoms with Crippen molar-refractivity contribution in [2.75, 3.05) is 7.11 Å². The maximum Gasteiger partial charge on any atom is 0.251 e. The van der Waals surface area contributed by atoms with Crippen LogP contribution in [0.15, 0.2) is 48.5 Å². The molecule has 1 amide bonds. The number of hydrogen-bond donors (Lipinski definition) is 2. The van der Waals surface area contributed by atoms with E-state index in [-0.39, 0.29) is 18.0 Å². The van der Waals surface area contributed by atoms with E-state index < -0.39 is 0 Å². The highest BCUT2D eigenvalue weighted by molar-refractivity contribution is 5.95. The first-order chi connectivity index (χ1) is 10.7. The molecule has 0 spiro atoms. The molecule has 0 aromatic heterocycles. The molecule has 1 fully saturated rings. The van der Waals surface area contributed by atoms with Gasteiger partial charge in [-0.15, -0.1) is 0 Å². The molecule has 1 aliphatic carbocycles. The predicted octanol–water partition coefficient (Wildman–Crippen LogP) is 2.58. The summed E-state index contributed by atoms with van der Waals surface area (Å²) in [5, 5.41) is 3.00. The van der Waals surface area contributed by atoms with E-state index >= 15 is 0 Å². The van der Waals surface area contributed by atoms with Crippen LogP contribution in [0.2, 0.25) is 0 Å². The van der Waals surface area contributed by atoms with Gasteiger partial charge in [-0.25, -0.2) is 0 Å². The average Bonchev–Trinajstić information content (AvgIpc) is 2.53. The topological polar surface area (TPSA) is 64.3 Å². The molecule has 0 unspecified atom stereocenters. The molecule has 114 valence electrons. The molecular weight excluding hydrogens is 276 g/mol. The Hall–Kier alpha value is -2.33. The quantitative estimate of drug-likeness (QED) is 0.911. The predicted molar refractivity (Wildman–Crippen MR) is 86.9 cm³/mol. The van der Waals surface area contributed by atoms with Crippen LogP contribution in [0.5, 0.6) is 5.75 Å². The van der Waals surface area contributed by atoms with E-state index in [9.17, 15) is 4.79 Å². The number of methoxy groups -OCH3 is 1. The highest BCUT2D eigenvalue weighted by atomic mass is 16.5. The monoisotopic (exact) mass is 296 g/mol. The summed E-state index contributed by atoms with van der Waals surface area (Å²) in [6.07, 6.45) is 1.74. The fourth-order valence-electron chi connectivity index (χ4n) is 2.67. The molecule has 0 bridgehead atoms. The Kier molecular flexibility index (Phi) is 4.11. The molecule has 0 atom stereocenters. The maximum atomic E-state index is 12.1. The smallest absolute Gasteiger partial charge is 0.251 e. The van der Waals surface area contributed by atoms with E-state index in [2.05, 4.69) is 5.32 Å². The Morgan fingerprint density at radius 1 is 1.14 bits per heavy atom. The van der Waals surface area contributed by atoms with Gasteiger partial charge >= 0.3 is 0 Å². The molecule has 1 saturated carbocycles. The number of hydrogen-bond acceptors (Lipinski definition) is 3. The second kappa shape index (κ2) is 6.20. The van der Waals surface area contributed by atoms with Gasteiger partial charge in [-0.2, -0.15) is 0 Å². The first-order valence-electron chi connectivity index (χ1n) is 7.46. The lowest BCUT2D eigenvalue weighted by Crippen LogP contribution is -2.50. The van der Waals surface area contributed by atoms with Crippen LogP contribution in [0, 0.1) is 0 Å². The van der Waals surface area contributed by atoms with Crippen molar-refractivity contribution in [3.05, 3.63) is 54.1 Å². The van der Waals surface area contributed by atoms with E-state index in [1.807, 2.05) is 48.5 Å². The van der Waals surface area contributed by atoms with Gasteiger partial charge in [0.2, 0.25) is 0 Å². The minimum atomic E-state index is -0.0332. The highest BCUT2D eigenvalue weighted by Gasteiger charge is 2.27. The third-order valence-electron chi connectivity index (χ3n) is 4.06. The van der Waals surface area contributed by atoms with Gasteiger partial charge < -0.3 is 15.8 Å². The third kappa shape index (κ3) is 3.12. The van der Waals surface area contributed by atoms with Crippen molar-refractivity contribution in [1.29, 1.82) is 0 Å². The van der Waals surface area contributed by atoms with Gasteiger partial charge in [-0.1, -0.05) is 24.3 Å². The number of nitrogens with two attached hydrogens (primary N) is 1. The number of nitrogens with one attached hydrogen (secondary N) is 1. The zero-order valence-electron chi connectivity index (χ0n) is 12.6. The van der Waals surface area contributed by atoms with E-state index in [0.717, 1.165) is 29.7 Å². The molecule has 4 nitrogen and oxygen atoms in total. The number of benzene rings is 2. The summed E-state index contributed by atoms with van der Waals surface area (Å²) in [6.45, 7) is 0. The average molecular weight is 296 g/mol. The molecule has 1 aliphatic rings. The first-order valence-corrected chi connectivity index (χ1v) is 7.46. The number of ether oxygens (including phenoxy) is 1. The Morgan fingerprint density at radius 3 is 2.50 bits per heavy atom. The van der Waals surface area contributed by atoms with Crippen molar-refractivity contribution < 1.29 is 9.53 Å². The summed E-state index contributed by atoms with van der Waals surface area (Å²) in [7, 11) is 1.65. The normalized spacial score (nSPS) is 20.1. The minimum absolute atomic E-state index is 0.0332. The van der Waals surface area contributed by atoms with E-state index in [1.54, 1.807) is 7.11 Å². The summed E-state index contributed by atoms with van der Waals surface area (Å²) in [5.41, 5.74) is 8.53. The van der Waals surface area contributed by atoms with Gasteiger partial charge in [0.1, 0.15) is 5.75 Å². The van der Waals surface area contributed by atoms with E-state index in [0.29, 0.717) is 5.56 Å². The number of rotatable bonds is 4. The Morgan fingerprint density at radius 2 is 1.86 bits per heavy atom. The van der Waals surface area contributed by atoms with Crippen molar-refractivity contribution in [3.63, 3.8) is 0 Å². The van der Waals surface area contributed by atoms with Gasteiger partial charge in [0.25, 0.3) is 5.91 Å². The third-order valence-corrected chi connectivity index (χ3v) is 4.06. The van der Waals surface area contributed by atoms with Crippen molar-refractivity contribution in [1.82, 2.24) is 5.32 Å². The van der Waals surface area contributed by atoms with Crippen LogP contribution < -0.4 is 15.8 Å². The lowest BCUT2D eigenvalue weighted by atomic mass is 9.87. The molecule has 0 radical (unpaired) electrons. The summed E-state index contributed by atoms with van der Waals surface area (Å²) in [5.74, 6) is 0.787. The molecule has 0 heterocycles. The van der Waals surface area contributed by atoms with Gasteiger partial charge in [0, 0.05) is 17.6 Å². The van der Waals surface area contributed by atoms with Crippen molar-refractivity contribution in [3.8, 4) is 16.9 Å². The molecular formula is C18H20N2O2. The standard InChI is InChI=1S/C18H20N2O2/c1-22-17-4-2-3-14(9-17)12-5-7-13(8-6-12)18(21)20-16-10-15(19)11-16/h2-9,15-16H,10-11,19H2,1H3,(H,20,21). The van der Waals surface area contributed by atoms with Gasteiger partial charge in [-0.05, 0) is 48.2 Å². The van der Waals surface area contributed by atoms with E-state index in [4.69, 9.17) is 10.5 Å². The number of carbonyl (C=O) groups excluding carboxylic acids is 1. The summed E-state index contributed by atoms with van der Waals surface area (Å²) < 4.78 is 5.24. The zero-order valence-corrected chi connectivity index (χ0v) is 12.6. The van der Waals surface area contributed by atoms with E-state index in [1.165, 1.54) is 0 Å². The SMILES string of the molecule is COc1cccc(-c2ccc(C(=O)NC3CC(N)C3)cc2)c1. The number of amides is 1. The Labute approximate surface area is 130 Å². The van der Waals surface area contributed by atoms with Gasteiger partial charge in [-0.3, -0.25) is 4.79 Å². The van der Waals surface area contributed by atoms with Crippen molar-refractivity contribution in [2.24, 2.45) is 5.73 Å². The zero-order chi connectivity index (χ0) is 15.5. The fraction of sp³-hybridized carbons (Fsp3) is 0.278. The van der Waals surface area contributed by atoms with Crippen LogP contribution in [-0.2, 0) is 0 Å². The molecule has 0 saturated heterocycles. The Bertz CT molecular complexity index is 661. The van der Waals surface area contributed by atoms with Gasteiger partial charge in [0.15, 0.2) is 0 Å². The molecule has 22 heavy (non-hydrogen) atoms. The van der Waals surface area contributed by atoms with Crippen LogP contribution in [0.3, 0.4) is 0 Å². The molecule has 3 N–H and O–H groups in total. The summed E-state index contributed by atoms with van der Waals surface area (Å²) >= 11 is 0. The molecule has 0 aliphatic heterocycles. The highest BCUT2D eigenvalue weighted by Crippen LogP contribution is 2.24. The lowest BCUT2D eigenvalue weighted by molar-refractivity contribution is 0.0910. The second-order valence-electron chi connectivity index (χ2n) is 5.71. The molecule has 3 rings (SSSR count). The lowest BCUT2D eigenvalue weighted by Gasteiger charge is -2.32. The van der Waals surface area contributed by atoms with Crippen LogP contribution >= 0.6 is 0 Å². The first kappa shape index (κ1) is 14.6. The molecule has 2 aromatic carbocycles. The van der Waals surface area contributed by atoms with Crippen molar-refractivity contribution >= 4 is 5.91 Å². The fourth-order valence-corrected chi connectivity index (χ4v) is 2.67. The van der Waals surface area contributed by atoms with Crippen LogP contribution in [0.1, 0.15) is 23.2 Å². The molecule has 2 aromatic rings. The second-order valence-corrected chi connectivity index (χ2v) is 5.71.